The van der Waals surface area contributed by atoms with Crippen LogP contribution in [0.5, 0.6) is 0 Å². The van der Waals surface area contributed by atoms with Crippen molar-refractivity contribution in [1.82, 2.24) is 0 Å². The van der Waals surface area contributed by atoms with Gasteiger partial charge in [-0.3, -0.25) is 9.59 Å². The van der Waals surface area contributed by atoms with Gasteiger partial charge in [-0.2, -0.15) is 0 Å². The summed E-state index contributed by atoms with van der Waals surface area (Å²) in [6.07, 6.45) is 45.2. The van der Waals surface area contributed by atoms with Gasteiger partial charge in [0.1, 0.15) is 19.3 Å². The largest absolute Gasteiger partial charge is 0.463 e. The summed E-state index contributed by atoms with van der Waals surface area (Å²) in [6.45, 7) is 4.02. The molecular weight excluding hydrogens is 548 g/mol. The van der Waals surface area contributed by atoms with E-state index < -0.39 is 6.10 Å². The van der Waals surface area contributed by atoms with E-state index in [-0.39, 0.29) is 25.2 Å². The van der Waals surface area contributed by atoms with Gasteiger partial charge in [0.05, 0.1) is 0 Å². The SMILES string of the molecule is CCC=CCC=CCC=CCCCCCCCC(=O)OCC(O)COC(=O)CCCCCCCC=CCC=CCC=CCC. The molecule has 0 bridgehead atoms. The smallest absolute Gasteiger partial charge is 0.305 e. The molecule has 0 aliphatic heterocycles. The summed E-state index contributed by atoms with van der Waals surface area (Å²) >= 11 is 0. The number of unbranched alkanes of at least 4 members (excludes halogenated alkanes) is 10. The molecule has 0 unspecified atom stereocenters. The molecule has 0 aromatic rings. The number of allylic oxidation sites excluding steroid dienone is 12. The predicted molar refractivity (Wildman–Crippen MR) is 186 cm³/mol. The van der Waals surface area contributed by atoms with E-state index in [1.807, 2.05) is 0 Å². The molecule has 0 fully saturated rings. The summed E-state index contributed by atoms with van der Waals surface area (Å²) in [5.74, 6) is -0.612. The number of hydrogen-bond donors (Lipinski definition) is 1. The molecule has 0 aliphatic rings. The minimum atomic E-state index is -0.981. The molecule has 250 valence electrons. The highest BCUT2D eigenvalue weighted by atomic mass is 16.6. The summed E-state index contributed by atoms with van der Waals surface area (Å²) in [5, 5.41) is 9.98. The van der Waals surface area contributed by atoms with Gasteiger partial charge in [0.15, 0.2) is 0 Å². The number of rotatable bonds is 30. The highest BCUT2D eigenvalue weighted by Crippen LogP contribution is 2.10. The van der Waals surface area contributed by atoms with Crippen molar-refractivity contribution in [3.8, 4) is 0 Å². The van der Waals surface area contributed by atoms with Crippen molar-refractivity contribution < 1.29 is 24.2 Å². The van der Waals surface area contributed by atoms with E-state index in [4.69, 9.17) is 9.47 Å². The van der Waals surface area contributed by atoms with Gasteiger partial charge < -0.3 is 14.6 Å². The van der Waals surface area contributed by atoms with Crippen LogP contribution >= 0.6 is 0 Å². The Kier molecular flexibility index (Phi) is 32.7. The maximum Gasteiger partial charge on any atom is 0.305 e. The normalized spacial score (nSPS) is 13.1. The average Bonchev–Trinajstić information content (AvgIpc) is 3.02. The minimum absolute atomic E-state index is 0.135. The molecule has 5 heteroatoms. The molecule has 0 amide bonds. The first-order chi connectivity index (χ1) is 21.6. The van der Waals surface area contributed by atoms with Gasteiger partial charge in [-0.1, -0.05) is 125 Å². The molecule has 0 spiro atoms. The van der Waals surface area contributed by atoms with Crippen LogP contribution in [0, 0.1) is 0 Å². The van der Waals surface area contributed by atoms with E-state index >= 15 is 0 Å². The fourth-order valence-electron chi connectivity index (χ4n) is 4.35. The maximum atomic E-state index is 11.9. The third-order valence-corrected chi connectivity index (χ3v) is 6.94. The second-order valence-electron chi connectivity index (χ2n) is 11.2. The number of aliphatic hydroxyl groups is 1. The lowest BCUT2D eigenvalue weighted by molar-refractivity contribution is -0.152. The van der Waals surface area contributed by atoms with E-state index in [0.29, 0.717) is 12.8 Å². The predicted octanol–water partition coefficient (Wildman–Crippen LogP) is 10.6. The first kappa shape index (κ1) is 41.3. The van der Waals surface area contributed by atoms with Crippen LogP contribution in [0.25, 0.3) is 0 Å². The van der Waals surface area contributed by atoms with Gasteiger partial charge in [-0.25, -0.2) is 0 Å². The molecule has 0 saturated carbocycles. The standard InChI is InChI=1S/C39H64O5/c1-3-5-7-9-11-13-15-17-19-21-23-25-27-29-31-33-38(41)43-35-37(40)36-44-39(42)34-32-30-28-26-24-22-20-18-16-14-12-10-8-6-4-2/h5-8,11-14,17-20,37,40H,3-4,9-10,15-16,21-36H2,1-2H3. The van der Waals surface area contributed by atoms with Gasteiger partial charge >= 0.3 is 11.9 Å². The highest BCUT2D eigenvalue weighted by molar-refractivity contribution is 5.69. The first-order valence-electron chi connectivity index (χ1n) is 17.5. The van der Waals surface area contributed by atoms with Gasteiger partial charge in [0, 0.05) is 12.8 Å². The quantitative estimate of drug-likeness (QED) is 0.0496. The van der Waals surface area contributed by atoms with Crippen molar-refractivity contribution in [1.29, 1.82) is 0 Å². The lowest BCUT2D eigenvalue weighted by atomic mass is 10.1. The topological polar surface area (TPSA) is 72.8 Å². The van der Waals surface area contributed by atoms with Gasteiger partial charge in [0.2, 0.25) is 0 Å². The molecule has 0 rings (SSSR count). The van der Waals surface area contributed by atoms with Crippen LogP contribution in [0.15, 0.2) is 72.9 Å². The van der Waals surface area contributed by atoms with Crippen molar-refractivity contribution in [3.63, 3.8) is 0 Å². The van der Waals surface area contributed by atoms with E-state index in [2.05, 4.69) is 86.8 Å². The Hall–Kier alpha value is -2.66. The van der Waals surface area contributed by atoms with Crippen molar-refractivity contribution >= 4 is 11.9 Å². The number of carbonyl (C=O) groups excluding carboxylic acids is 2. The summed E-state index contributed by atoms with van der Waals surface area (Å²) in [4.78, 5) is 23.8. The lowest BCUT2D eigenvalue weighted by Crippen LogP contribution is -2.25. The average molecular weight is 613 g/mol. The lowest BCUT2D eigenvalue weighted by Gasteiger charge is -2.12. The molecule has 0 aromatic carbocycles. The number of esters is 2. The molecule has 44 heavy (non-hydrogen) atoms. The van der Waals surface area contributed by atoms with Crippen LogP contribution in [-0.2, 0) is 19.1 Å². The van der Waals surface area contributed by atoms with Crippen molar-refractivity contribution in [3.05, 3.63) is 72.9 Å². The van der Waals surface area contributed by atoms with Crippen LogP contribution in [0.3, 0.4) is 0 Å². The van der Waals surface area contributed by atoms with Crippen LogP contribution in [0.1, 0.15) is 142 Å². The third-order valence-electron chi connectivity index (χ3n) is 6.94. The second kappa shape index (κ2) is 34.8. The van der Waals surface area contributed by atoms with Crippen molar-refractivity contribution in [2.75, 3.05) is 13.2 Å². The number of aliphatic hydroxyl groups excluding tert-OH is 1. The van der Waals surface area contributed by atoms with E-state index in [9.17, 15) is 14.7 Å². The van der Waals surface area contributed by atoms with E-state index in [1.54, 1.807) is 0 Å². The Labute approximate surface area is 270 Å². The minimum Gasteiger partial charge on any atom is -0.463 e. The zero-order chi connectivity index (χ0) is 32.2. The van der Waals surface area contributed by atoms with Gasteiger partial charge in [-0.05, 0) is 77.0 Å². The molecule has 1 N–H and O–H groups in total. The monoisotopic (exact) mass is 612 g/mol. The maximum absolute atomic E-state index is 11.9. The zero-order valence-corrected chi connectivity index (χ0v) is 28.1. The Bertz CT molecular complexity index is 765. The fraction of sp³-hybridized carbons (Fsp3) is 0.641. The molecule has 0 heterocycles. The molecular formula is C39H64O5. The molecule has 5 nitrogen and oxygen atoms in total. The van der Waals surface area contributed by atoms with Crippen LogP contribution in [-0.4, -0.2) is 36.4 Å². The Morgan fingerprint density at radius 3 is 1.18 bits per heavy atom. The van der Waals surface area contributed by atoms with Gasteiger partial charge in [-0.15, -0.1) is 0 Å². The Morgan fingerprint density at radius 2 is 0.795 bits per heavy atom. The van der Waals surface area contributed by atoms with Gasteiger partial charge in [0.25, 0.3) is 0 Å². The third kappa shape index (κ3) is 33.8. The number of ether oxygens (including phenoxy) is 2. The molecule has 0 atom stereocenters. The Morgan fingerprint density at radius 1 is 0.477 bits per heavy atom. The van der Waals surface area contributed by atoms with Crippen molar-refractivity contribution in [2.24, 2.45) is 0 Å². The number of hydrogen-bond acceptors (Lipinski definition) is 5. The highest BCUT2D eigenvalue weighted by Gasteiger charge is 2.12. The second-order valence-corrected chi connectivity index (χ2v) is 11.2. The van der Waals surface area contributed by atoms with E-state index in [0.717, 1.165) is 103 Å². The zero-order valence-electron chi connectivity index (χ0n) is 28.1. The summed E-state index contributed by atoms with van der Waals surface area (Å²) in [7, 11) is 0. The molecule has 0 radical (unpaired) electrons. The van der Waals surface area contributed by atoms with Crippen LogP contribution in [0.2, 0.25) is 0 Å². The van der Waals surface area contributed by atoms with Crippen molar-refractivity contribution in [2.45, 2.75) is 148 Å². The fourth-order valence-corrected chi connectivity index (χ4v) is 4.35. The summed E-state index contributed by atoms with van der Waals surface area (Å²) < 4.78 is 10.3. The summed E-state index contributed by atoms with van der Waals surface area (Å²) in [6, 6.07) is 0. The molecule has 0 saturated heterocycles. The molecule has 0 aromatic heterocycles. The molecule has 0 aliphatic carbocycles. The van der Waals surface area contributed by atoms with Crippen LogP contribution in [0.4, 0.5) is 0 Å². The first-order valence-corrected chi connectivity index (χ1v) is 17.5. The van der Waals surface area contributed by atoms with E-state index in [1.165, 1.54) is 12.8 Å². The Balaban J connectivity index is 3.53. The summed E-state index contributed by atoms with van der Waals surface area (Å²) in [5.41, 5.74) is 0. The number of carbonyl (C=O) groups is 2. The van der Waals surface area contributed by atoms with Crippen LogP contribution < -0.4 is 0 Å².